The minimum Gasteiger partial charge on any atom is -0.341 e. The predicted molar refractivity (Wildman–Crippen MR) is 76.9 cm³/mol. The Bertz CT molecular complexity index is 543. The second-order valence-electron chi connectivity index (χ2n) is 7.76. The van der Waals surface area contributed by atoms with Crippen LogP contribution < -0.4 is 0 Å². The van der Waals surface area contributed by atoms with E-state index in [4.69, 9.17) is 14.5 Å². The largest absolute Gasteiger partial charge is 0.341 e. The third kappa shape index (κ3) is 1.41. The Balaban J connectivity index is 2.19. The van der Waals surface area contributed by atoms with E-state index in [1.165, 1.54) is 5.56 Å². The van der Waals surface area contributed by atoms with E-state index in [-0.39, 0.29) is 10.8 Å². The van der Waals surface area contributed by atoms with Crippen LogP contribution in [0.3, 0.4) is 0 Å². The van der Waals surface area contributed by atoms with Crippen LogP contribution >= 0.6 is 0 Å². The molecule has 1 aromatic carbocycles. The van der Waals surface area contributed by atoms with Gasteiger partial charge in [0.05, 0.1) is 6.61 Å². The Kier molecular flexibility index (Phi) is 2.70. The van der Waals surface area contributed by atoms with Gasteiger partial charge in [0.15, 0.2) is 5.60 Å². The zero-order chi connectivity index (χ0) is 14.8. The standard InChI is InChI=1S/C17H24O3/c1-12-8-7-9-13(10-12)16-17(20-19-16,14(2,3)4)15(5,6)11-18-16/h7-10H,11H2,1-6H3. The minimum absolute atomic E-state index is 0.102. The lowest BCUT2D eigenvalue weighted by molar-refractivity contribution is -0.626. The second kappa shape index (κ2) is 3.85. The quantitative estimate of drug-likeness (QED) is 0.727. The Hall–Kier alpha value is -0.900. The molecule has 2 saturated heterocycles. The van der Waals surface area contributed by atoms with Gasteiger partial charge in [0.25, 0.3) is 5.79 Å². The highest BCUT2D eigenvalue weighted by molar-refractivity contribution is 5.34. The number of ether oxygens (including phenoxy) is 1. The van der Waals surface area contributed by atoms with E-state index in [0.717, 1.165) is 5.56 Å². The molecule has 20 heavy (non-hydrogen) atoms. The van der Waals surface area contributed by atoms with Crippen LogP contribution in [0.1, 0.15) is 45.7 Å². The molecule has 0 aliphatic carbocycles. The Morgan fingerprint density at radius 1 is 1.10 bits per heavy atom. The summed E-state index contributed by atoms with van der Waals surface area (Å²) in [4.78, 5) is 11.4. The van der Waals surface area contributed by atoms with E-state index in [2.05, 4.69) is 59.7 Å². The van der Waals surface area contributed by atoms with Gasteiger partial charge in [0, 0.05) is 16.4 Å². The van der Waals surface area contributed by atoms with Crippen molar-refractivity contribution >= 4 is 0 Å². The number of aryl methyl sites for hydroxylation is 1. The molecule has 2 heterocycles. The molecule has 2 aliphatic heterocycles. The van der Waals surface area contributed by atoms with Gasteiger partial charge in [-0.1, -0.05) is 64.4 Å². The van der Waals surface area contributed by atoms with Gasteiger partial charge in [-0.2, -0.15) is 4.89 Å². The predicted octanol–water partition coefficient (Wildman–Crippen LogP) is 3.95. The van der Waals surface area contributed by atoms with Crippen LogP contribution in [0.25, 0.3) is 0 Å². The van der Waals surface area contributed by atoms with Crippen LogP contribution in [-0.4, -0.2) is 12.2 Å². The van der Waals surface area contributed by atoms with Crippen LogP contribution in [0.15, 0.2) is 24.3 Å². The Labute approximate surface area is 121 Å². The van der Waals surface area contributed by atoms with Crippen LogP contribution in [-0.2, 0) is 20.3 Å². The monoisotopic (exact) mass is 276 g/mol. The number of rotatable bonds is 1. The summed E-state index contributed by atoms with van der Waals surface area (Å²) in [5.41, 5.74) is 1.54. The van der Waals surface area contributed by atoms with Gasteiger partial charge in [-0.25, -0.2) is 4.89 Å². The molecular formula is C17H24O3. The number of hydrogen-bond acceptors (Lipinski definition) is 3. The fraction of sp³-hybridized carbons (Fsp3) is 0.647. The van der Waals surface area contributed by atoms with Crippen molar-refractivity contribution in [3.8, 4) is 0 Å². The molecule has 3 nitrogen and oxygen atoms in total. The third-order valence-corrected chi connectivity index (χ3v) is 4.79. The van der Waals surface area contributed by atoms with Crippen LogP contribution in [0, 0.1) is 17.8 Å². The summed E-state index contributed by atoms with van der Waals surface area (Å²) in [6, 6.07) is 8.32. The molecule has 0 bridgehead atoms. The first-order chi connectivity index (χ1) is 9.16. The van der Waals surface area contributed by atoms with Crippen LogP contribution in [0.4, 0.5) is 0 Å². The van der Waals surface area contributed by atoms with Crippen molar-refractivity contribution in [3.05, 3.63) is 35.4 Å². The van der Waals surface area contributed by atoms with Crippen molar-refractivity contribution in [3.63, 3.8) is 0 Å². The van der Waals surface area contributed by atoms with Gasteiger partial charge in [0.1, 0.15) is 0 Å². The summed E-state index contributed by atoms with van der Waals surface area (Å²) in [5.74, 6) is -0.791. The number of hydrogen-bond donors (Lipinski definition) is 0. The second-order valence-corrected chi connectivity index (χ2v) is 7.76. The fourth-order valence-corrected chi connectivity index (χ4v) is 4.09. The SMILES string of the molecule is Cc1cccc(C23OCC(C)(C)C2(C(C)(C)C)OO3)c1. The topological polar surface area (TPSA) is 27.7 Å². The van der Waals surface area contributed by atoms with Crippen LogP contribution in [0.2, 0.25) is 0 Å². The molecule has 0 saturated carbocycles. The van der Waals surface area contributed by atoms with E-state index in [9.17, 15) is 0 Å². The van der Waals surface area contributed by atoms with E-state index >= 15 is 0 Å². The highest BCUT2D eigenvalue weighted by Gasteiger charge is 2.81. The zero-order valence-corrected chi connectivity index (χ0v) is 13.2. The molecule has 0 aromatic heterocycles. The van der Waals surface area contributed by atoms with Crippen LogP contribution in [0.5, 0.6) is 0 Å². The Morgan fingerprint density at radius 2 is 1.80 bits per heavy atom. The first kappa shape index (κ1) is 14.1. The molecule has 2 unspecified atom stereocenters. The summed E-state index contributed by atoms with van der Waals surface area (Å²) < 4.78 is 6.18. The van der Waals surface area contributed by atoms with Gasteiger partial charge in [-0.05, 0) is 6.92 Å². The molecule has 0 amide bonds. The van der Waals surface area contributed by atoms with Crippen molar-refractivity contribution in [2.45, 2.75) is 52.9 Å². The molecular weight excluding hydrogens is 252 g/mol. The van der Waals surface area contributed by atoms with Gasteiger partial charge in [-0.3, -0.25) is 0 Å². The average molecular weight is 276 g/mol. The van der Waals surface area contributed by atoms with Crippen molar-refractivity contribution < 1.29 is 14.5 Å². The average Bonchev–Trinajstić information content (AvgIpc) is 2.41. The summed E-state index contributed by atoms with van der Waals surface area (Å²) >= 11 is 0. The fourth-order valence-electron chi connectivity index (χ4n) is 4.09. The molecule has 0 N–H and O–H groups in total. The summed E-state index contributed by atoms with van der Waals surface area (Å²) in [7, 11) is 0. The lowest BCUT2D eigenvalue weighted by atomic mass is 9.57. The van der Waals surface area contributed by atoms with E-state index in [0.29, 0.717) is 6.61 Å². The normalized spacial score (nSPS) is 35.5. The van der Waals surface area contributed by atoms with E-state index < -0.39 is 11.4 Å². The maximum Gasteiger partial charge on any atom is 0.261 e. The third-order valence-electron chi connectivity index (χ3n) is 4.79. The van der Waals surface area contributed by atoms with Crippen molar-refractivity contribution in [1.29, 1.82) is 0 Å². The van der Waals surface area contributed by atoms with Gasteiger partial charge in [-0.15, -0.1) is 0 Å². The molecule has 2 fully saturated rings. The molecule has 3 heteroatoms. The molecule has 110 valence electrons. The smallest absolute Gasteiger partial charge is 0.261 e. The summed E-state index contributed by atoms with van der Waals surface area (Å²) in [5, 5.41) is 0. The van der Waals surface area contributed by atoms with Crippen molar-refractivity contribution in [2.75, 3.05) is 6.61 Å². The number of benzene rings is 1. The Morgan fingerprint density at radius 3 is 2.30 bits per heavy atom. The summed E-state index contributed by atoms with van der Waals surface area (Å²) in [6.45, 7) is 13.7. The van der Waals surface area contributed by atoms with Crippen molar-refractivity contribution in [1.82, 2.24) is 0 Å². The van der Waals surface area contributed by atoms with E-state index in [1.807, 2.05) is 6.07 Å². The van der Waals surface area contributed by atoms with Gasteiger partial charge in [0.2, 0.25) is 0 Å². The zero-order valence-electron chi connectivity index (χ0n) is 13.2. The maximum absolute atomic E-state index is 6.18. The molecule has 1 aromatic rings. The molecule has 0 spiro atoms. The lowest BCUT2D eigenvalue weighted by Crippen LogP contribution is -2.73. The molecule has 0 radical (unpaired) electrons. The van der Waals surface area contributed by atoms with E-state index in [1.54, 1.807) is 0 Å². The first-order valence-corrected chi connectivity index (χ1v) is 7.24. The summed E-state index contributed by atoms with van der Waals surface area (Å²) in [6.07, 6.45) is 0. The van der Waals surface area contributed by atoms with Crippen molar-refractivity contribution in [2.24, 2.45) is 10.8 Å². The maximum atomic E-state index is 6.18. The first-order valence-electron chi connectivity index (χ1n) is 7.24. The molecule has 2 atom stereocenters. The lowest BCUT2D eigenvalue weighted by Gasteiger charge is -2.61. The highest BCUT2D eigenvalue weighted by atomic mass is 17.3. The molecule has 2 aliphatic rings. The molecule has 3 rings (SSSR count). The highest BCUT2D eigenvalue weighted by Crippen LogP contribution is 2.69. The minimum atomic E-state index is -0.791. The van der Waals surface area contributed by atoms with Gasteiger partial charge < -0.3 is 4.74 Å². The van der Waals surface area contributed by atoms with Gasteiger partial charge >= 0.3 is 0 Å². The number of fused-ring (bicyclic) bond motifs is 1.